The van der Waals surface area contributed by atoms with Gasteiger partial charge in [0.2, 0.25) is 5.91 Å². The summed E-state index contributed by atoms with van der Waals surface area (Å²) in [6, 6.07) is 7.21. The van der Waals surface area contributed by atoms with Gasteiger partial charge in [-0.2, -0.15) is 0 Å². The van der Waals surface area contributed by atoms with E-state index < -0.39 is 11.4 Å². The Kier molecular flexibility index (Phi) is 5.54. The zero-order valence-corrected chi connectivity index (χ0v) is 12.7. The van der Waals surface area contributed by atoms with Gasteiger partial charge in [-0.05, 0) is 31.0 Å². The molecule has 1 rings (SSSR count). The fraction of sp³-hybridized carbons (Fsp3) is 0.429. The molecule has 0 heterocycles. The van der Waals surface area contributed by atoms with Crippen molar-refractivity contribution in [1.82, 2.24) is 0 Å². The van der Waals surface area contributed by atoms with E-state index in [0.29, 0.717) is 18.5 Å². The summed E-state index contributed by atoms with van der Waals surface area (Å²) in [6.45, 7) is 3.59. The van der Waals surface area contributed by atoms with Crippen LogP contribution >= 0.6 is 15.9 Å². The van der Waals surface area contributed by atoms with Gasteiger partial charge in [0.25, 0.3) is 0 Å². The number of hydrogen-bond acceptors (Lipinski definition) is 2. The average molecular weight is 328 g/mol. The molecule has 0 aromatic heterocycles. The minimum Gasteiger partial charge on any atom is -0.481 e. The van der Waals surface area contributed by atoms with Crippen LogP contribution in [0.2, 0.25) is 0 Å². The zero-order valence-electron chi connectivity index (χ0n) is 11.1. The summed E-state index contributed by atoms with van der Waals surface area (Å²) < 4.78 is 0.862. The molecule has 0 saturated heterocycles. The van der Waals surface area contributed by atoms with Gasteiger partial charge in [-0.25, -0.2) is 0 Å². The highest BCUT2D eigenvalue weighted by Crippen LogP contribution is 2.31. The lowest BCUT2D eigenvalue weighted by atomic mass is 9.79. The molecular weight excluding hydrogens is 310 g/mol. The monoisotopic (exact) mass is 327 g/mol. The van der Waals surface area contributed by atoms with Crippen LogP contribution in [0, 0.1) is 5.41 Å². The van der Waals surface area contributed by atoms with Gasteiger partial charge < -0.3 is 10.4 Å². The Bertz CT molecular complexity index is 470. The lowest BCUT2D eigenvalue weighted by molar-refractivity contribution is -0.151. The van der Waals surface area contributed by atoms with Gasteiger partial charge in [-0.1, -0.05) is 35.8 Å². The van der Waals surface area contributed by atoms with Gasteiger partial charge in [0.15, 0.2) is 0 Å². The summed E-state index contributed by atoms with van der Waals surface area (Å²) in [4.78, 5) is 23.3. The molecule has 1 amide bonds. The Morgan fingerprint density at radius 2 is 1.95 bits per heavy atom. The van der Waals surface area contributed by atoms with Crippen molar-refractivity contribution >= 4 is 33.5 Å². The molecular formula is C14H18BrNO3. The second-order valence-electron chi connectivity index (χ2n) is 4.53. The van der Waals surface area contributed by atoms with Crippen molar-refractivity contribution < 1.29 is 14.7 Å². The molecule has 0 unspecified atom stereocenters. The normalized spacial score (nSPS) is 11.1. The first-order chi connectivity index (χ1) is 8.93. The Morgan fingerprint density at radius 1 is 1.32 bits per heavy atom. The topological polar surface area (TPSA) is 66.4 Å². The number of carboxylic acid groups (broad SMARTS) is 1. The van der Waals surface area contributed by atoms with Crippen LogP contribution in [0.3, 0.4) is 0 Å². The van der Waals surface area contributed by atoms with Gasteiger partial charge in [-0.3, -0.25) is 9.59 Å². The molecule has 0 spiro atoms. The maximum Gasteiger partial charge on any atom is 0.310 e. The van der Waals surface area contributed by atoms with Crippen LogP contribution in [0.4, 0.5) is 5.69 Å². The Morgan fingerprint density at radius 3 is 2.42 bits per heavy atom. The molecule has 0 aliphatic carbocycles. The number of aliphatic carboxylic acids is 1. The molecule has 0 bridgehead atoms. The van der Waals surface area contributed by atoms with Crippen molar-refractivity contribution in [1.29, 1.82) is 0 Å². The summed E-state index contributed by atoms with van der Waals surface area (Å²) in [5.41, 5.74) is -0.318. The maximum atomic E-state index is 12.0. The highest BCUT2D eigenvalue weighted by molar-refractivity contribution is 9.10. The number of halogens is 1. The number of amides is 1. The Labute approximate surface area is 121 Å². The number of carbonyl (C=O) groups is 2. The number of anilines is 1. The third kappa shape index (κ3) is 4.06. The van der Waals surface area contributed by atoms with Crippen LogP contribution in [0.5, 0.6) is 0 Å². The lowest BCUT2D eigenvalue weighted by Crippen LogP contribution is -2.34. The fourth-order valence-corrected chi connectivity index (χ4v) is 2.36. The van der Waals surface area contributed by atoms with E-state index in [-0.39, 0.29) is 12.3 Å². The highest BCUT2D eigenvalue weighted by Gasteiger charge is 2.37. The number of carbonyl (C=O) groups excluding carboxylic acids is 1. The Balaban J connectivity index is 2.76. The van der Waals surface area contributed by atoms with Crippen LogP contribution in [0.1, 0.15) is 33.1 Å². The molecule has 1 aromatic rings. The molecule has 0 saturated carbocycles. The summed E-state index contributed by atoms with van der Waals surface area (Å²) in [5.74, 6) is -1.19. The summed E-state index contributed by atoms with van der Waals surface area (Å²) >= 11 is 3.32. The SMILES string of the molecule is CCC(CC)(CC(=O)Nc1cccc(Br)c1)C(=O)O. The van der Waals surface area contributed by atoms with E-state index in [4.69, 9.17) is 0 Å². The first-order valence-electron chi connectivity index (χ1n) is 6.22. The minimum atomic E-state index is -0.976. The smallest absolute Gasteiger partial charge is 0.310 e. The highest BCUT2D eigenvalue weighted by atomic mass is 79.9. The van der Waals surface area contributed by atoms with Crippen molar-refractivity contribution in [2.75, 3.05) is 5.32 Å². The number of rotatable bonds is 6. The molecule has 5 heteroatoms. The first kappa shape index (κ1) is 15.7. The van der Waals surface area contributed by atoms with E-state index in [1.54, 1.807) is 26.0 Å². The van der Waals surface area contributed by atoms with Gasteiger partial charge in [0.05, 0.1) is 5.41 Å². The van der Waals surface area contributed by atoms with E-state index in [1.165, 1.54) is 0 Å². The average Bonchev–Trinajstić information content (AvgIpc) is 2.35. The minimum absolute atomic E-state index is 0.0121. The van der Waals surface area contributed by atoms with Gasteiger partial charge in [0.1, 0.15) is 0 Å². The standard InChI is InChI=1S/C14H18BrNO3/c1-3-14(4-2,13(18)19)9-12(17)16-11-7-5-6-10(15)8-11/h5-8H,3-4,9H2,1-2H3,(H,16,17)(H,18,19). The van der Waals surface area contributed by atoms with E-state index >= 15 is 0 Å². The van der Waals surface area contributed by atoms with Gasteiger partial charge >= 0.3 is 5.97 Å². The summed E-state index contributed by atoms with van der Waals surface area (Å²) in [6.07, 6.45) is 0.858. The molecule has 0 aliphatic heterocycles. The van der Waals surface area contributed by atoms with Crippen LogP contribution in [0.25, 0.3) is 0 Å². The van der Waals surface area contributed by atoms with E-state index in [0.717, 1.165) is 4.47 Å². The van der Waals surface area contributed by atoms with Crippen molar-refractivity contribution in [3.63, 3.8) is 0 Å². The fourth-order valence-electron chi connectivity index (χ4n) is 1.96. The van der Waals surface area contributed by atoms with Gasteiger partial charge in [0, 0.05) is 16.6 Å². The number of benzene rings is 1. The van der Waals surface area contributed by atoms with Crippen LogP contribution in [0.15, 0.2) is 28.7 Å². The maximum absolute atomic E-state index is 12.0. The summed E-state index contributed by atoms with van der Waals surface area (Å²) in [7, 11) is 0. The van der Waals surface area contributed by atoms with E-state index in [2.05, 4.69) is 21.2 Å². The van der Waals surface area contributed by atoms with Crippen molar-refractivity contribution in [2.24, 2.45) is 5.41 Å². The molecule has 0 aliphatic rings. The number of carboxylic acids is 1. The molecule has 0 radical (unpaired) electrons. The van der Waals surface area contributed by atoms with Crippen molar-refractivity contribution in [3.8, 4) is 0 Å². The third-order valence-electron chi connectivity index (χ3n) is 3.41. The predicted molar refractivity (Wildman–Crippen MR) is 78.0 cm³/mol. The van der Waals surface area contributed by atoms with Crippen LogP contribution in [-0.4, -0.2) is 17.0 Å². The molecule has 0 fully saturated rings. The molecule has 104 valence electrons. The quantitative estimate of drug-likeness (QED) is 0.837. The third-order valence-corrected chi connectivity index (χ3v) is 3.91. The zero-order chi connectivity index (χ0) is 14.5. The molecule has 0 atom stereocenters. The number of hydrogen-bond donors (Lipinski definition) is 2. The van der Waals surface area contributed by atoms with Crippen LogP contribution in [-0.2, 0) is 9.59 Å². The molecule has 2 N–H and O–H groups in total. The molecule has 4 nitrogen and oxygen atoms in total. The predicted octanol–water partition coefficient (Wildman–Crippen LogP) is 3.67. The van der Waals surface area contributed by atoms with Gasteiger partial charge in [-0.15, -0.1) is 0 Å². The summed E-state index contributed by atoms with van der Waals surface area (Å²) in [5, 5.41) is 12.0. The van der Waals surface area contributed by atoms with Crippen molar-refractivity contribution in [2.45, 2.75) is 33.1 Å². The largest absolute Gasteiger partial charge is 0.481 e. The molecule has 19 heavy (non-hydrogen) atoms. The van der Waals surface area contributed by atoms with Crippen molar-refractivity contribution in [3.05, 3.63) is 28.7 Å². The number of nitrogens with one attached hydrogen (secondary N) is 1. The first-order valence-corrected chi connectivity index (χ1v) is 7.01. The second kappa shape index (κ2) is 6.70. The molecule has 1 aromatic carbocycles. The lowest BCUT2D eigenvalue weighted by Gasteiger charge is -2.25. The van der Waals surface area contributed by atoms with E-state index in [1.807, 2.05) is 12.1 Å². The van der Waals surface area contributed by atoms with E-state index in [9.17, 15) is 14.7 Å². The second-order valence-corrected chi connectivity index (χ2v) is 5.44. The Hall–Kier alpha value is -1.36. The van der Waals surface area contributed by atoms with Crippen LogP contribution < -0.4 is 5.32 Å².